The lowest BCUT2D eigenvalue weighted by Gasteiger charge is -2.39. The van der Waals surface area contributed by atoms with Crippen molar-refractivity contribution in [1.29, 1.82) is 0 Å². The number of fused-ring (bicyclic) bond motifs is 1. The largest absolute Gasteiger partial charge is 0.389 e. The molecule has 2 atom stereocenters. The zero-order valence-corrected chi connectivity index (χ0v) is 13.7. The molecule has 2 heterocycles. The van der Waals surface area contributed by atoms with Gasteiger partial charge in [0.15, 0.2) is 5.82 Å². The minimum Gasteiger partial charge on any atom is -0.389 e. The maximum atomic E-state index is 5.92. The molecule has 1 aliphatic heterocycles. The number of nitrogens with one attached hydrogen (secondary N) is 1. The van der Waals surface area contributed by atoms with E-state index in [1.165, 1.54) is 36.9 Å². The summed E-state index contributed by atoms with van der Waals surface area (Å²) in [7, 11) is 0. The predicted molar refractivity (Wildman–Crippen MR) is 90.4 cm³/mol. The summed E-state index contributed by atoms with van der Waals surface area (Å²) in [4.78, 5) is 5.24. The highest BCUT2D eigenvalue weighted by Gasteiger charge is 2.26. The molecule has 0 amide bonds. The van der Waals surface area contributed by atoms with Crippen molar-refractivity contribution >= 4 is 23.0 Å². The molecule has 3 N–H and O–H groups in total. The number of hydrazine groups is 1. The van der Waals surface area contributed by atoms with E-state index in [1.54, 1.807) is 0 Å². The van der Waals surface area contributed by atoms with Crippen molar-refractivity contribution in [2.45, 2.75) is 64.5 Å². The fourth-order valence-electron chi connectivity index (χ4n) is 3.51. The van der Waals surface area contributed by atoms with Crippen LogP contribution in [0, 0.1) is 0 Å². The number of pyridine rings is 1. The van der Waals surface area contributed by atoms with Gasteiger partial charge in [-0.05, 0) is 57.6 Å². The Morgan fingerprint density at radius 3 is 2.67 bits per heavy atom. The van der Waals surface area contributed by atoms with Crippen LogP contribution in [0.2, 0.25) is 0 Å². The minimum absolute atomic E-state index is 0.428. The van der Waals surface area contributed by atoms with Crippen LogP contribution in [-0.2, 0) is 12.8 Å². The van der Waals surface area contributed by atoms with Gasteiger partial charge >= 0.3 is 0 Å². The molecule has 114 valence electrons. The van der Waals surface area contributed by atoms with E-state index in [-0.39, 0.29) is 0 Å². The topological polar surface area (TPSA) is 54.2 Å². The van der Waals surface area contributed by atoms with E-state index in [2.05, 4.69) is 30.3 Å². The summed E-state index contributed by atoms with van der Waals surface area (Å²) in [6, 6.07) is 3.14. The first-order valence-corrected chi connectivity index (χ1v) is 8.34. The summed E-state index contributed by atoms with van der Waals surface area (Å²) >= 11 is 5.23. The SMILES string of the molecule is CC1CCCC(C)N1Nc1nc2c(cc1C(N)=S)CCC2. The number of rotatable bonds is 3. The van der Waals surface area contributed by atoms with Crippen LogP contribution in [-0.4, -0.2) is 27.1 Å². The number of anilines is 1. The van der Waals surface area contributed by atoms with Crippen molar-refractivity contribution in [3.8, 4) is 0 Å². The van der Waals surface area contributed by atoms with Gasteiger partial charge < -0.3 is 11.2 Å². The summed E-state index contributed by atoms with van der Waals surface area (Å²) in [5.74, 6) is 0.837. The molecule has 0 aromatic carbocycles. The highest BCUT2D eigenvalue weighted by Crippen LogP contribution is 2.28. The predicted octanol–water partition coefficient (Wildman–Crippen LogP) is 2.79. The van der Waals surface area contributed by atoms with Gasteiger partial charge in [-0.1, -0.05) is 18.6 Å². The molecular weight excluding hydrogens is 280 g/mol. The molecule has 21 heavy (non-hydrogen) atoms. The summed E-state index contributed by atoms with van der Waals surface area (Å²) < 4.78 is 0. The van der Waals surface area contributed by atoms with Gasteiger partial charge in [0.1, 0.15) is 4.99 Å². The van der Waals surface area contributed by atoms with Crippen molar-refractivity contribution in [2.75, 3.05) is 5.43 Å². The Hall–Kier alpha value is -1.20. The number of aryl methyl sites for hydroxylation is 2. The molecule has 3 rings (SSSR count). The average molecular weight is 304 g/mol. The second kappa shape index (κ2) is 5.89. The molecule has 2 aliphatic rings. The van der Waals surface area contributed by atoms with E-state index in [0.29, 0.717) is 17.1 Å². The van der Waals surface area contributed by atoms with Crippen LogP contribution in [0.15, 0.2) is 6.07 Å². The minimum atomic E-state index is 0.428. The third-order valence-electron chi connectivity index (χ3n) is 4.74. The van der Waals surface area contributed by atoms with Crippen LogP contribution in [0.25, 0.3) is 0 Å². The fraction of sp³-hybridized carbons (Fsp3) is 0.625. The quantitative estimate of drug-likeness (QED) is 0.841. The van der Waals surface area contributed by atoms with Crippen LogP contribution >= 0.6 is 12.2 Å². The zero-order chi connectivity index (χ0) is 15.0. The van der Waals surface area contributed by atoms with Crippen molar-refractivity contribution < 1.29 is 0 Å². The molecule has 1 aliphatic carbocycles. The molecule has 4 nitrogen and oxygen atoms in total. The van der Waals surface area contributed by atoms with Gasteiger partial charge in [0.2, 0.25) is 0 Å². The molecule has 1 fully saturated rings. The smallest absolute Gasteiger partial charge is 0.150 e. The highest BCUT2D eigenvalue weighted by molar-refractivity contribution is 7.80. The van der Waals surface area contributed by atoms with Crippen molar-refractivity contribution in [3.63, 3.8) is 0 Å². The van der Waals surface area contributed by atoms with Gasteiger partial charge in [-0.3, -0.25) is 0 Å². The molecule has 1 aromatic rings. The Bertz CT molecular complexity index is 547. The van der Waals surface area contributed by atoms with Crippen LogP contribution in [0.4, 0.5) is 5.82 Å². The number of aromatic nitrogens is 1. The number of nitrogens with two attached hydrogens (primary N) is 1. The van der Waals surface area contributed by atoms with Crippen LogP contribution in [0.5, 0.6) is 0 Å². The first kappa shape index (κ1) is 14.7. The first-order valence-electron chi connectivity index (χ1n) is 7.94. The lowest BCUT2D eigenvalue weighted by atomic mass is 10.00. The second-order valence-electron chi connectivity index (χ2n) is 6.36. The standard InChI is InChI=1S/C16H24N4S/c1-10-5-3-6-11(2)20(10)19-16-13(15(17)21)9-12-7-4-8-14(12)18-16/h9-11H,3-8H2,1-2H3,(H2,17,21)(H,18,19). The maximum absolute atomic E-state index is 5.92. The van der Waals surface area contributed by atoms with E-state index in [0.717, 1.165) is 24.2 Å². The summed E-state index contributed by atoms with van der Waals surface area (Å²) in [5.41, 5.74) is 12.8. The number of nitrogens with zero attached hydrogens (tertiary/aromatic N) is 2. The molecular formula is C16H24N4S. The molecule has 1 aromatic heterocycles. The lowest BCUT2D eigenvalue weighted by molar-refractivity contribution is 0.135. The Labute approximate surface area is 132 Å². The van der Waals surface area contributed by atoms with Crippen molar-refractivity contribution in [2.24, 2.45) is 5.73 Å². The zero-order valence-electron chi connectivity index (χ0n) is 12.9. The first-order chi connectivity index (χ1) is 10.1. The molecule has 0 radical (unpaired) electrons. The monoisotopic (exact) mass is 304 g/mol. The normalized spacial score (nSPS) is 25.6. The summed E-state index contributed by atoms with van der Waals surface area (Å²) in [5, 5.41) is 2.31. The van der Waals surface area contributed by atoms with Crippen molar-refractivity contribution in [3.05, 3.63) is 22.9 Å². The number of piperidine rings is 1. The molecule has 2 unspecified atom stereocenters. The van der Waals surface area contributed by atoms with Crippen molar-refractivity contribution in [1.82, 2.24) is 9.99 Å². The van der Waals surface area contributed by atoms with Gasteiger partial charge in [-0.15, -0.1) is 0 Å². The summed E-state index contributed by atoms with van der Waals surface area (Å²) in [6.07, 6.45) is 7.05. The number of hydrogen-bond donors (Lipinski definition) is 2. The Morgan fingerprint density at radius 2 is 2.00 bits per heavy atom. The lowest BCUT2D eigenvalue weighted by Crippen LogP contribution is -2.47. The van der Waals surface area contributed by atoms with Gasteiger partial charge in [0, 0.05) is 17.8 Å². The maximum Gasteiger partial charge on any atom is 0.150 e. The average Bonchev–Trinajstić information content (AvgIpc) is 2.89. The van der Waals surface area contributed by atoms with Crippen LogP contribution in [0.3, 0.4) is 0 Å². The molecule has 0 saturated carbocycles. The van der Waals surface area contributed by atoms with Crippen LogP contribution in [0.1, 0.15) is 56.4 Å². The van der Waals surface area contributed by atoms with Gasteiger partial charge in [0.05, 0.1) is 5.56 Å². The third kappa shape index (κ3) is 2.90. The second-order valence-corrected chi connectivity index (χ2v) is 6.80. The molecule has 0 spiro atoms. The molecule has 5 heteroatoms. The molecule has 0 bridgehead atoms. The Kier molecular flexibility index (Phi) is 4.13. The van der Waals surface area contributed by atoms with E-state index in [4.69, 9.17) is 22.9 Å². The van der Waals surface area contributed by atoms with E-state index in [1.807, 2.05) is 0 Å². The molecule has 1 saturated heterocycles. The Balaban J connectivity index is 1.92. The highest BCUT2D eigenvalue weighted by atomic mass is 32.1. The van der Waals surface area contributed by atoms with E-state index < -0.39 is 0 Å². The number of thiocarbonyl (C=S) groups is 1. The van der Waals surface area contributed by atoms with E-state index >= 15 is 0 Å². The van der Waals surface area contributed by atoms with Gasteiger partial charge in [-0.25, -0.2) is 9.99 Å². The van der Waals surface area contributed by atoms with Crippen LogP contribution < -0.4 is 11.2 Å². The summed E-state index contributed by atoms with van der Waals surface area (Å²) in [6.45, 7) is 4.52. The Morgan fingerprint density at radius 1 is 1.29 bits per heavy atom. The fourth-order valence-corrected chi connectivity index (χ4v) is 3.66. The third-order valence-corrected chi connectivity index (χ3v) is 4.96. The number of hydrogen-bond acceptors (Lipinski definition) is 4. The van der Waals surface area contributed by atoms with Gasteiger partial charge in [-0.2, -0.15) is 0 Å². The van der Waals surface area contributed by atoms with Gasteiger partial charge in [0.25, 0.3) is 0 Å². The van der Waals surface area contributed by atoms with E-state index in [9.17, 15) is 0 Å².